The molecular weight excluding hydrogens is 570 g/mol. The van der Waals surface area contributed by atoms with Crippen molar-refractivity contribution in [3.8, 4) is 0 Å². The number of likely N-dealkylation sites (N-methyl/N-ethyl adjacent to an activating group) is 1. The molecule has 1 aliphatic heterocycles. The summed E-state index contributed by atoms with van der Waals surface area (Å²) in [6.07, 6.45) is 2.76. The summed E-state index contributed by atoms with van der Waals surface area (Å²) in [5, 5.41) is 3.16. The highest BCUT2D eigenvalue weighted by molar-refractivity contribution is 5.94. The first-order valence-corrected chi connectivity index (χ1v) is 14.7. The van der Waals surface area contributed by atoms with E-state index in [0.29, 0.717) is 54.6 Å². The molecule has 0 unspecified atom stereocenters. The third-order valence-electron chi connectivity index (χ3n) is 6.67. The summed E-state index contributed by atoms with van der Waals surface area (Å²) in [6.45, 7) is 14.0. The van der Waals surface area contributed by atoms with Crippen molar-refractivity contribution in [2.45, 2.75) is 59.7 Å². The van der Waals surface area contributed by atoms with Gasteiger partial charge < -0.3 is 29.5 Å². The van der Waals surface area contributed by atoms with Crippen LogP contribution in [0.3, 0.4) is 0 Å². The summed E-state index contributed by atoms with van der Waals surface area (Å²) >= 11 is 0. The Bertz CT molecular complexity index is 1340. The number of carbonyl (C=O) groups is 2. The SMILES string of the molecule is Cc1cc(C(=O)N(C)CCN(C(=O)OC(C)(C)C)C(C)C)cc(NCc2cc(F)cc(F)c2)cnc(N2CCOCC2)cn1. The zero-order valence-corrected chi connectivity index (χ0v) is 26.7. The molecule has 0 spiro atoms. The van der Waals surface area contributed by atoms with Crippen LogP contribution in [0.15, 0.2) is 42.7 Å². The Hall–Kier alpha value is -4.06. The molecule has 1 aromatic heterocycles. The van der Waals surface area contributed by atoms with Gasteiger partial charge in [-0.2, -0.15) is 0 Å². The molecular formula is C32H44F2N6O4. The first-order valence-electron chi connectivity index (χ1n) is 14.7. The Balaban J connectivity index is 1.94. The van der Waals surface area contributed by atoms with Crippen molar-refractivity contribution in [2.75, 3.05) is 56.7 Å². The van der Waals surface area contributed by atoms with Gasteiger partial charge in [-0.1, -0.05) is 0 Å². The van der Waals surface area contributed by atoms with Crippen LogP contribution in [-0.2, 0) is 16.0 Å². The van der Waals surface area contributed by atoms with E-state index >= 15 is 0 Å². The molecule has 12 heteroatoms. The molecule has 2 amide bonds. The lowest BCUT2D eigenvalue weighted by molar-refractivity contribution is 0.0173. The van der Waals surface area contributed by atoms with Gasteiger partial charge in [0.1, 0.15) is 23.1 Å². The van der Waals surface area contributed by atoms with Crippen LogP contribution in [0, 0.1) is 18.6 Å². The number of rotatable bonds is 9. The number of ether oxygens (including phenoxy) is 2. The van der Waals surface area contributed by atoms with Gasteiger partial charge in [0.15, 0.2) is 0 Å². The van der Waals surface area contributed by atoms with Gasteiger partial charge >= 0.3 is 6.09 Å². The number of anilines is 2. The number of hydrogen-bond donors (Lipinski definition) is 1. The van der Waals surface area contributed by atoms with Gasteiger partial charge in [0.25, 0.3) is 5.91 Å². The molecule has 2 heterocycles. The van der Waals surface area contributed by atoms with Crippen LogP contribution in [-0.4, -0.2) is 89.9 Å². The van der Waals surface area contributed by atoms with E-state index in [2.05, 4.69) is 15.3 Å². The molecule has 1 N–H and O–H groups in total. The molecule has 0 bridgehead atoms. The number of aryl methyl sites for hydroxylation is 1. The molecule has 2 aromatic rings. The van der Waals surface area contributed by atoms with Gasteiger partial charge in [-0.15, -0.1) is 0 Å². The van der Waals surface area contributed by atoms with Gasteiger partial charge in [0, 0.05) is 63.1 Å². The van der Waals surface area contributed by atoms with Gasteiger partial charge in [-0.25, -0.2) is 18.6 Å². The molecule has 0 radical (unpaired) electrons. The third-order valence-corrected chi connectivity index (χ3v) is 6.67. The molecule has 1 fully saturated rings. The second-order valence-corrected chi connectivity index (χ2v) is 11.9. The van der Waals surface area contributed by atoms with Crippen molar-refractivity contribution in [3.05, 3.63) is 71.2 Å². The number of halogens is 2. The first-order chi connectivity index (χ1) is 20.7. The maximum atomic E-state index is 13.8. The average Bonchev–Trinajstić information content (AvgIpc) is 2.93. The monoisotopic (exact) mass is 614 g/mol. The van der Waals surface area contributed by atoms with E-state index in [1.807, 2.05) is 18.7 Å². The Morgan fingerprint density at radius 3 is 2.30 bits per heavy atom. The number of nitrogens with zero attached hydrogens (tertiary/aromatic N) is 5. The van der Waals surface area contributed by atoms with E-state index < -0.39 is 23.3 Å². The van der Waals surface area contributed by atoms with E-state index in [1.165, 1.54) is 17.0 Å². The highest BCUT2D eigenvalue weighted by Gasteiger charge is 2.25. The zero-order chi connectivity index (χ0) is 32.4. The van der Waals surface area contributed by atoms with E-state index in [0.717, 1.165) is 6.07 Å². The molecule has 240 valence electrons. The van der Waals surface area contributed by atoms with E-state index in [-0.39, 0.29) is 31.6 Å². The standard InChI is InChI=1S/C32H44F2N6O4/c1-22(2)40(31(42)44-32(4,5)6)9-8-38(7)30(41)25-14-23(3)35-21-29(39-10-12-43-13-11-39)37-20-28(17-25)36-19-24-15-26(33)18-27(34)16-24/h14-18,20-22,36H,8-13,19H2,1-7H3. The quantitative estimate of drug-likeness (QED) is 0.404. The number of hydrogen-bond acceptors (Lipinski definition) is 8. The fourth-order valence-corrected chi connectivity index (χ4v) is 4.39. The van der Waals surface area contributed by atoms with Crippen molar-refractivity contribution in [2.24, 2.45) is 0 Å². The summed E-state index contributed by atoms with van der Waals surface area (Å²) < 4.78 is 38.7. The Labute approximate surface area is 258 Å². The van der Waals surface area contributed by atoms with Gasteiger partial charge in [0.2, 0.25) is 0 Å². The van der Waals surface area contributed by atoms with Crippen molar-refractivity contribution < 1.29 is 27.8 Å². The van der Waals surface area contributed by atoms with Gasteiger partial charge in [-0.05, 0) is 71.4 Å². The van der Waals surface area contributed by atoms with Crippen LogP contribution in [0.25, 0.3) is 0 Å². The summed E-state index contributed by atoms with van der Waals surface area (Å²) in [5.74, 6) is -1.05. The number of aromatic nitrogens is 2. The molecule has 0 atom stereocenters. The third kappa shape index (κ3) is 10.9. The number of benzene rings is 1. The van der Waals surface area contributed by atoms with Crippen LogP contribution in [0.4, 0.5) is 25.1 Å². The predicted octanol–water partition coefficient (Wildman–Crippen LogP) is 5.35. The van der Waals surface area contributed by atoms with Crippen molar-refractivity contribution >= 4 is 23.5 Å². The van der Waals surface area contributed by atoms with Crippen LogP contribution in [0.2, 0.25) is 0 Å². The van der Waals surface area contributed by atoms with Crippen molar-refractivity contribution in [1.82, 2.24) is 19.8 Å². The minimum atomic E-state index is -0.681. The molecule has 3 rings (SSSR count). The zero-order valence-electron chi connectivity index (χ0n) is 26.7. The number of nitrogens with one attached hydrogen (secondary N) is 1. The lowest BCUT2D eigenvalue weighted by Crippen LogP contribution is -2.45. The summed E-state index contributed by atoms with van der Waals surface area (Å²) in [7, 11) is 1.66. The fraction of sp³-hybridized carbons (Fsp3) is 0.500. The average molecular weight is 615 g/mol. The number of amides is 2. The summed E-state index contributed by atoms with van der Waals surface area (Å²) in [4.78, 5) is 40.8. The molecule has 0 aliphatic carbocycles. The Kier molecular flexibility index (Phi) is 12.2. The predicted molar refractivity (Wildman–Crippen MR) is 166 cm³/mol. The van der Waals surface area contributed by atoms with E-state index in [9.17, 15) is 18.4 Å². The lowest BCUT2D eigenvalue weighted by atomic mass is 10.2. The Morgan fingerprint density at radius 1 is 1.02 bits per heavy atom. The van der Waals surface area contributed by atoms with Crippen molar-refractivity contribution in [1.29, 1.82) is 0 Å². The number of morpholine rings is 1. The molecule has 1 aromatic carbocycles. The first kappa shape index (κ1) is 34.4. The summed E-state index contributed by atoms with van der Waals surface area (Å²) in [6, 6.07) is 6.46. The van der Waals surface area contributed by atoms with Crippen LogP contribution < -0.4 is 10.2 Å². The topological polar surface area (TPSA) is 100 Å². The number of carbonyl (C=O) groups excluding carboxylic acids is 2. The largest absolute Gasteiger partial charge is 0.444 e. The second kappa shape index (κ2) is 15.6. The van der Waals surface area contributed by atoms with Gasteiger partial charge in [-0.3, -0.25) is 9.78 Å². The normalized spacial score (nSPS) is 13.3. The maximum absolute atomic E-state index is 13.8. The second-order valence-electron chi connectivity index (χ2n) is 11.9. The smallest absolute Gasteiger partial charge is 0.410 e. The van der Waals surface area contributed by atoms with Gasteiger partial charge in [0.05, 0.1) is 31.3 Å². The molecule has 10 nitrogen and oxygen atoms in total. The molecule has 1 aliphatic rings. The molecule has 1 saturated heterocycles. The van der Waals surface area contributed by atoms with E-state index in [4.69, 9.17) is 9.47 Å². The lowest BCUT2D eigenvalue weighted by Gasteiger charge is -2.31. The summed E-state index contributed by atoms with van der Waals surface area (Å²) in [5.41, 5.74) is 1.08. The maximum Gasteiger partial charge on any atom is 0.410 e. The van der Waals surface area contributed by atoms with Crippen LogP contribution in [0.5, 0.6) is 0 Å². The van der Waals surface area contributed by atoms with Crippen LogP contribution >= 0.6 is 0 Å². The van der Waals surface area contributed by atoms with Crippen LogP contribution in [0.1, 0.15) is 56.2 Å². The highest BCUT2D eigenvalue weighted by atomic mass is 19.1. The molecule has 0 saturated carbocycles. The highest BCUT2D eigenvalue weighted by Crippen LogP contribution is 2.17. The van der Waals surface area contributed by atoms with Crippen molar-refractivity contribution in [3.63, 3.8) is 0 Å². The fourth-order valence-electron chi connectivity index (χ4n) is 4.39. The van der Waals surface area contributed by atoms with E-state index in [1.54, 1.807) is 64.2 Å². The Morgan fingerprint density at radius 2 is 1.68 bits per heavy atom. The minimum absolute atomic E-state index is 0.0900. The molecule has 44 heavy (non-hydrogen) atoms. The minimum Gasteiger partial charge on any atom is -0.444 e.